The fourth-order valence-electron chi connectivity index (χ4n) is 1.26. The van der Waals surface area contributed by atoms with Crippen molar-refractivity contribution in [3.8, 4) is 0 Å². The van der Waals surface area contributed by atoms with Crippen LogP contribution in [0.2, 0.25) is 0 Å². The molecule has 3 nitrogen and oxygen atoms in total. The van der Waals surface area contributed by atoms with Gasteiger partial charge in [-0.25, -0.2) is 4.98 Å². The van der Waals surface area contributed by atoms with Crippen LogP contribution in [-0.4, -0.2) is 30.8 Å². The SMILES string of the molecule is CC(CNC1COC1)c1nccs1. The summed E-state index contributed by atoms with van der Waals surface area (Å²) in [4.78, 5) is 4.29. The van der Waals surface area contributed by atoms with Gasteiger partial charge in [-0.1, -0.05) is 6.92 Å². The normalized spacial score (nSPS) is 19.8. The zero-order chi connectivity index (χ0) is 9.10. The lowest BCUT2D eigenvalue weighted by atomic mass is 10.1. The van der Waals surface area contributed by atoms with Gasteiger partial charge in [0.25, 0.3) is 0 Å². The maximum Gasteiger partial charge on any atom is 0.0965 e. The molecule has 72 valence electrons. The van der Waals surface area contributed by atoms with Gasteiger partial charge in [-0.2, -0.15) is 0 Å². The maximum atomic E-state index is 5.08. The lowest BCUT2D eigenvalue weighted by Gasteiger charge is -2.27. The van der Waals surface area contributed by atoms with Gasteiger partial charge in [-0.05, 0) is 0 Å². The summed E-state index contributed by atoms with van der Waals surface area (Å²) in [6, 6.07) is 0.572. The van der Waals surface area contributed by atoms with E-state index in [4.69, 9.17) is 4.74 Å². The van der Waals surface area contributed by atoms with Crippen LogP contribution in [-0.2, 0) is 4.74 Å². The second-order valence-electron chi connectivity index (χ2n) is 3.41. The number of thiazole rings is 1. The number of ether oxygens (including phenoxy) is 1. The van der Waals surface area contributed by atoms with E-state index < -0.39 is 0 Å². The van der Waals surface area contributed by atoms with Gasteiger partial charge >= 0.3 is 0 Å². The van der Waals surface area contributed by atoms with E-state index in [0.29, 0.717) is 12.0 Å². The predicted octanol–water partition coefficient (Wildman–Crippen LogP) is 1.23. The van der Waals surface area contributed by atoms with Crippen molar-refractivity contribution in [2.75, 3.05) is 19.8 Å². The van der Waals surface area contributed by atoms with Crippen LogP contribution in [0.25, 0.3) is 0 Å². The topological polar surface area (TPSA) is 34.1 Å². The summed E-state index contributed by atoms with van der Waals surface area (Å²) in [5.41, 5.74) is 0. The molecule has 1 atom stereocenters. The highest BCUT2D eigenvalue weighted by atomic mass is 32.1. The minimum absolute atomic E-state index is 0.514. The van der Waals surface area contributed by atoms with Crippen LogP contribution in [0.3, 0.4) is 0 Å². The Kier molecular flexibility index (Phi) is 2.93. The van der Waals surface area contributed by atoms with Crippen LogP contribution in [0.5, 0.6) is 0 Å². The van der Waals surface area contributed by atoms with Gasteiger partial charge in [0.2, 0.25) is 0 Å². The maximum absolute atomic E-state index is 5.08. The zero-order valence-corrected chi connectivity index (χ0v) is 8.51. The van der Waals surface area contributed by atoms with Gasteiger partial charge in [0.05, 0.1) is 24.3 Å². The van der Waals surface area contributed by atoms with E-state index in [2.05, 4.69) is 17.2 Å². The first-order chi connectivity index (χ1) is 6.36. The van der Waals surface area contributed by atoms with Crippen LogP contribution >= 0.6 is 11.3 Å². The van der Waals surface area contributed by atoms with Crippen molar-refractivity contribution < 1.29 is 4.74 Å². The van der Waals surface area contributed by atoms with Crippen LogP contribution in [0, 0.1) is 0 Å². The first-order valence-electron chi connectivity index (χ1n) is 4.57. The zero-order valence-electron chi connectivity index (χ0n) is 7.69. The summed E-state index contributed by atoms with van der Waals surface area (Å²) in [6.07, 6.45) is 1.86. The van der Waals surface area contributed by atoms with Gasteiger partial charge in [-0.15, -0.1) is 11.3 Å². The molecule has 1 unspecified atom stereocenters. The number of rotatable bonds is 4. The second-order valence-corrected chi connectivity index (χ2v) is 4.34. The molecule has 2 rings (SSSR count). The number of nitrogens with one attached hydrogen (secondary N) is 1. The molecular weight excluding hydrogens is 184 g/mol. The van der Waals surface area contributed by atoms with Crippen molar-refractivity contribution in [3.05, 3.63) is 16.6 Å². The second kappa shape index (κ2) is 4.17. The van der Waals surface area contributed by atoms with Crippen LogP contribution in [0.15, 0.2) is 11.6 Å². The van der Waals surface area contributed by atoms with Gasteiger partial charge in [0.1, 0.15) is 0 Å². The van der Waals surface area contributed by atoms with Crippen molar-refractivity contribution in [1.82, 2.24) is 10.3 Å². The quantitative estimate of drug-likeness (QED) is 0.790. The largest absolute Gasteiger partial charge is 0.378 e. The Morgan fingerprint density at radius 1 is 1.77 bits per heavy atom. The fraction of sp³-hybridized carbons (Fsp3) is 0.667. The number of hydrogen-bond donors (Lipinski definition) is 1. The lowest BCUT2D eigenvalue weighted by molar-refractivity contribution is -0.00530. The highest BCUT2D eigenvalue weighted by Crippen LogP contribution is 2.16. The molecule has 1 aliphatic rings. The molecular formula is C9H14N2OS. The standard InChI is InChI=1S/C9H14N2OS/c1-7(9-10-2-3-13-9)4-11-8-5-12-6-8/h2-3,7-8,11H,4-6H2,1H3. The molecule has 1 saturated heterocycles. The first-order valence-corrected chi connectivity index (χ1v) is 5.44. The third-order valence-electron chi connectivity index (χ3n) is 2.22. The Morgan fingerprint density at radius 3 is 3.15 bits per heavy atom. The van der Waals surface area contributed by atoms with Crippen molar-refractivity contribution in [3.63, 3.8) is 0 Å². The molecule has 0 spiro atoms. The van der Waals surface area contributed by atoms with Crippen LogP contribution in [0.4, 0.5) is 0 Å². The van der Waals surface area contributed by atoms with Crippen LogP contribution < -0.4 is 5.32 Å². The molecule has 0 radical (unpaired) electrons. The van der Waals surface area contributed by atoms with E-state index in [1.807, 2.05) is 11.6 Å². The molecule has 13 heavy (non-hydrogen) atoms. The number of hydrogen-bond acceptors (Lipinski definition) is 4. The molecule has 1 fully saturated rings. The van der Waals surface area contributed by atoms with E-state index in [0.717, 1.165) is 19.8 Å². The number of aromatic nitrogens is 1. The Morgan fingerprint density at radius 2 is 2.62 bits per heavy atom. The summed E-state index contributed by atoms with van der Waals surface area (Å²) < 4.78 is 5.08. The predicted molar refractivity (Wildman–Crippen MR) is 53.1 cm³/mol. The summed E-state index contributed by atoms with van der Waals surface area (Å²) in [7, 11) is 0. The molecule has 0 saturated carbocycles. The molecule has 1 aromatic heterocycles. The van der Waals surface area contributed by atoms with Crippen molar-refractivity contribution in [2.24, 2.45) is 0 Å². The highest BCUT2D eigenvalue weighted by Gasteiger charge is 2.18. The Balaban J connectivity index is 1.74. The molecule has 4 heteroatoms. The Bertz CT molecular complexity index is 246. The van der Waals surface area contributed by atoms with Gasteiger partial charge in [0.15, 0.2) is 0 Å². The summed E-state index contributed by atoms with van der Waals surface area (Å²) in [5, 5.41) is 6.69. The molecule has 0 amide bonds. The molecule has 0 bridgehead atoms. The first kappa shape index (κ1) is 9.12. The minimum atomic E-state index is 0.514. The average Bonchev–Trinajstić information content (AvgIpc) is 2.52. The summed E-state index contributed by atoms with van der Waals surface area (Å²) in [5.74, 6) is 0.514. The third-order valence-corrected chi connectivity index (χ3v) is 3.23. The molecule has 1 N–H and O–H groups in total. The molecule has 0 aromatic carbocycles. The van der Waals surface area contributed by atoms with E-state index in [1.54, 1.807) is 11.3 Å². The van der Waals surface area contributed by atoms with E-state index in [9.17, 15) is 0 Å². The fourth-order valence-corrected chi connectivity index (χ4v) is 1.96. The van der Waals surface area contributed by atoms with Gasteiger partial charge < -0.3 is 10.1 Å². The third kappa shape index (κ3) is 2.27. The van der Waals surface area contributed by atoms with E-state index >= 15 is 0 Å². The molecule has 0 aliphatic carbocycles. The van der Waals surface area contributed by atoms with Crippen molar-refractivity contribution in [1.29, 1.82) is 0 Å². The monoisotopic (exact) mass is 198 g/mol. The van der Waals surface area contributed by atoms with Gasteiger partial charge in [-0.3, -0.25) is 0 Å². The molecule has 1 aromatic rings. The Labute approximate surface area is 82.1 Å². The van der Waals surface area contributed by atoms with Crippen molar-refractivity contribution in [2.45, 2.75) is 18.9 Å². The van der Waals surface area contributed by atoms with E-state index in [-0.39, 0.29) is 0 Å². The summed E-state index contributed by atoms with van der Waals surface area (Å²) in [6.45, 7) is 4.93. The lowest BCUT2D eigenvalue weighted by Crippen LogP contribution is -2.47. The molecule has 1 aliphatic heterocycles. The van der Waals surface area contributed by atoms with Crippen molar-refractivity contribution >= 4 is 11.3 Å². The van der Waals surface area contributed by atoms with E-state index in [1.165, 1.54) is 5.01 Å². The Hall–Kier alpha value is -0.450. The smallest absolute Gasteiger partial charge is 0.0965 e. The molecule has 2 heterocycles. The highest BCUT2D eigenvalue weighted by molar-refractivity contribution is 7.09. The van der Waals surface area contributed by atoms with Gasteiger partial charge in [0, 0.05) is 24.0 Å². The minimum Gasteiger partial charge on any atom is -0.378 e. The van der Waals surface area contributed by atoms with Crippen LogP contribution in [0.1, 0.15) is 17.8 Å². The summed E-state index contributed by atoms with van der Waals surface area (Å²) >= 11 is 1.73. The average molecular weight is 198 g/mol. The number of nitrogens with zero attached hydrogens (tertiary/aromatic N) is 1.